The lowest BCUT2D eigenvalue weighted by Crippen LogP contribution is -2.15. The number of carbonyl (C=O) groups excluding carboxylic acids is 2. The minimum atomic E-state index is -0.774. The van der Waals surface area contributed by atoms with E-state index in [4.69, 9.17) is 31.2 Å². The van der Waals surface area contributed by atoms with E-state index >= 15 is 0 Å². The van der Waals surface area contributed by atoms with Crippen molar-refractivity contribution >= 4 is 29.1 Å². The third kappa shape index (κ3) is 5.49. The zero-order valence-electron chi connectivity index (χ0n) is 15.1. The predicted molar refractivity (Wildman–Crippen MR) is 97.8 cm³/mol. The molecule has 0 saturated carbocycles. The summed E-state index contributed by atoms with van der Waals surface area (Å²) >= 11 is 6.15. The molecule has 0 aromatic heterocycles. The first-order valence-electron chi connectivity index (χ1n) is 7.88. The molecule has 1 aromatic carbocycles. The first-order valence-corrected chi connectivity index (χ1v) is 8.26. The molecule has 0 fully saturated rings. The van der Waals surface area contributed by atoms with Crippen molar-refractivity contribution in [1.82, 2.24) is 0 Å². The molecule has 0 spiro atoms. The fourth-order valence-corrected chi connectivity index (χ4v) is 2.42. The molecule has 26 heavy (non-hydrogen) atoms. The molecule has 8 heteroatoms. The minimum Gasteiger partial charge on any atom is -0.508 e. The van der Waals surface area contributed by atoms with Crippen molar-refractivity contribution < 1.29 is 28.9 Å². The number of carbonyl (C=O) groups is 2. The van der Waals surface area contributed by atoms with E-state index < -0.39 is 24.1 Å². The quantitative estimate of drug-likeness (QED) is 0.291. The second kappa shape index (κ2) is 9.82. The Hall–Kier alpha value is -2.54. The summed E-state index contributed by atoms with van der Waals surface area (Å²) in [5, 5.41) is 17.6. The minimum absolute atomic E-state index is 0.0967. The van der Waals surface area contributed by atoms with Crippen LogP contribution in [0.3, 0.4) is 0 Å². The van der Waals surface area contributed by atoms with Gasteiger partial charge in [0.25, 0.3) is 0 Å². The van der Waals surface area contributed by atoms with Gasteiger partial charge in [-0.25, -0.2) is 4.79 Å². The van der Waals surface area contributed by atoms with Gasteiger partial charge in [0, 0.05) is 5.71 Å². The SMILES string of the molecule is CCCOc1c(Cl)cc(C(=O)OC/C(O)=C(\C(C)=N)C(C)=O)cc1OC. The first kappa shape index (κ1) is 21.5. The molecule has 0 saturated heterocycles. The molecule has 0 heterocycles. The first-order chi connectivity index (χ1) is 12.2. The van der Waals surface area contributed by atoms with Gasteiger partial charge >= 0.3 is 5.97 Å². The molecule has 0 unspecified atom stereocenters. The molecule has 2 N–H and O–H groups in total. The number of Topliss-reactive ketones (excluding diaryl/α,β-unsaturated/α-hetero) is 1. The van der Waals surface area contributed by atoms with Crippen molar-refractivity contribution in [3.05, 3.63) is 34.1 Å². The zero-order valence-corrected chi connectivity index (χ0v) is 15.9. The standard InChI is InChI=1S/C18H22ClNO6/c1-5-6-25-17-13(19)7-12(8-15(17)24-4)18(23)26-9-14(22)16(10(2)20)11(3)21/h7-8,20,22H,5-6,9H2,1-4H3/b16-14-,20-10?. The number of allylic oxidation sites excluding steroid dienone is 1. The van der Waals surface area contributed by atoms with Gasteiger partial charge in [-0.1, -0.05) is 18.5 Å². The highest BCUT2D eigenvalue weighted by atomic mass is 35.5. The largest absolute Gasteiger partial charge is 0.508 e. The number of benzene rings is 1. The molecule has 0 atom stereocenters. The molecular weight excluding hydrogens is 362 g/mol. The predicted octanol–water partition coefficient (Wildman–Crippen LogP) is 3.73. The second-order valence-corrected chi connectivity index (χ2v) is 5.82. The van der Waals surface area contributed by atoms with Gasteiger partial charge in [-0.2, -0.15) is 0 Å². The van der Waals surface area contributed by atoms with Gasteiger partial charge in [0.2, 0.25) is 0 Å². The number of esters is 1. The average Bonchev–Trinajstić information content (AvgIpc) is 2.57. The number of hydrogen-bond acceptors (Lipinski definition) is 7. The van der Waals surface area contributed by atoms with Crippen LogP contribution in [-0.4, -0.2) is 42.9 Å². The number of methoxy groups -OCH3 is 1. The highest BCUT2D eigenvalue weighted by Crippen LogP contribution is 2.36. The zero-order chi connectivity index (χ0) is 19.9. The van der Waals surface area contributed by atoms with Crippen molar-refractivity contribution in [2.75, 3.05) is 20.3 Å². The van der Waals surface area contributed by atoms with Gasteiger partial charge in [-0.3, -0.25) is 4.79 Å². The molecule has 1 aromatic rings. The van der Waals surface area contributed by atoms with E-state index in [9.17, 15) is 14.7 Å². The number of rotatable bonds is 9. The molecule has 0 bridgehead atoms. The van der Waals surface area contributed by atoms with Crippen molar-refractivity contribution in [2.45, 2.75) is 27.2 Å². The van der Waals surface area contributed by atoms with Gasteiger partial charge in [0.15, 0.2) is 17.3 Å². The molecule has 0 aliphatic carbocycles. The summed E-state index contributed by atoms with van der Waals surface area (Å²) in [6.07, 6.45) is 0.778. The number of aliphatic hydroxyl groups excluding tert-OH is 1. The fraction of sp³-hybridized carbons (Fsp3) is 0.389. The lowest BCUT2D eigenvalue weighted by atomic mass is 10.1. The fourth-order valence-electron chi connectivity index (χ4n) is 2.15. The summed E-state index contributed by atoms with van der Waals surface area (Å²) in [5.41, 5.74) is -0.204. The number of hydrogen-bond donors (Lipinski definition) is 2. The van der Waals surface area contributed by atoms with Gasteiger partial charge in [-0.15, -0.1) is 0 Å². The van der Waals surface area contributed by atoms with Gasteiger partial charge in [0.1, 0.15) is 12.4 Å². The molecule has 0 aliphatic rings. The number of ether oxygens (including phenoxy) is 3. The average molecular weight is 384 g/mol. The van der Waals surface area contributed by atoms with E-state index in [1.165, 1.54) is 33.1 Å². The number of aliphatic hydroxyl groups is 1. The highest BCUT2D eigenvalue weighted by molar-refractivity contribution is 6.32. The lowest BCUT2D eigenvalue weighted by molar-refractivity contribution is -0.113. The normalized spacial score (nSPS) is 11.4. The van der Waals surface area contributed by atoms with Crippen molar-refractivity contribution in [3.63, 3.8) is 0 Å². The molecular formula is C18H22ClNO6. The summed E-state index contributed by atoms with van der Waals surface area (Å²) in [4.78, 5) is 23.7. The van der Waals surface area contributed by atoms with E-state index in [2.05, 4.69) is 0 Å². The Bertz CT molecular complexity index is 725. The molecule has 0 amide bonds. The van der Waals surface area contributed by atoms with Gasteiger partial charge in [0.05, 0.1) is 29.9 Å². The van der Waals surface area contributed by atoms with Crippen LogP contribution in [0.1, 0.15) is 37.6 Å². The Labute approximate surface area is 157 Å². The van der Waals surface area contributed by atoms with Crippen LogP contribution < -0.4 is 9.47 Å². The van der Waals surface area contributed by atoms with Gasteiger partial charge in [-0.05, 0) is 32.4 Å². The van der Waals surface area contributed by atoms with E-state index in [0.717, 1.165) is 6.42 Å². The molecule has 142 valence electrons. The van der Waals surface area contributed by atoms with Gasteiger partial charge < -0.3 is 24.7 Å². The lowest BCUT2D eigenvalue weighted by Gasteiger charge is -2.13. The van der Waals surface area contributed by atoms with E-state index in [-0.39, 0.29) is 27.6 Å². The maximum atomic E-state index is 12.2. The van der Waals surface area contributed by atoms with Crippen LogP contribution in [0.4, 0.5) is 0 Å². The highest BCUT2D eigenvalue weighted by Gasteiger charge is 2.19. The van der Waals surface area contributed by atoms with Crippen molar-refractivity contribution in [2.24, 2.45) is 0 Å². The van der Waals surface area contributed by atoms with Crippen LogP contribution in [0.2, 0.25) is 5.02 Å². The molecule has 0 radical (unpaired) electrons. The molecule has 1 rings (SSSR count). The maximum absolute atomic E-state index is 12.2. The smallest absolute Gasteiger partial charge is 0.338 e. The van der Waals surface area contributed by atoms with Crippen LogP contribution in [0.25, 0.3) is 0 Å². The van der Waals surface area contributed by atoms with E-state index in [0.29, 0.717) is 12.4 Å². The van der Waals surface area contributed by atoms with Crippen LogP contribution in [0.15, 0.2) is 23.5 Å². The Morgan fingerprint density at radius 3 is 2.42 bits per heavy atom. The summed E-state index contributed by atoms with van der Waals surface area (Å²) in [5.74, 6) is -1.15. The topological polar surface area (TPSA) is 106 Å². The Kier molecular flexibility index (Phi) is 8.12. The van der Waals surface area contributed by atoms with Crippen molar-refractivity contribution in [3.8, 4) is 11.5 Å². The molecule has 7 nitrogen and oxygen atoms in total. The van der Waals surface area contributed by atoms with Crippen LogP contribution in [-0.2, 0) is 9.53 Å². The number of halogens is 1. The summed E-state index contributed by atoms with van der Waals surface area (Å²) < 4.78 is 15.7. The van der Waals surface area contributed by atoms with Crippen LogP contribution in [0.5, 0.6) is 11.5 Å². The Balaban J connectivity index is 3.01. The second-order valence-electron chi connectivity index (χ2n) is 5.42. The number of nitrogens with one attached hydrogen (secondary N) is 1. The van der Waals surface area contributed by atoms with E-state index in [1.54, 1.807) is 0 Å². The third-order valence-corrected chi connectivity index (χ3v) is 3.55. The third-order valence-electron chi connectivity index (χ3n) is 3.27. The number of ketones is 1. The maximum Gasteiger partial charge on any atom is 0.338 e. The van der Waals surface area contributed by atoms with Crippen molar-refractivity contribution in [1.29, 1.82) is 5.41 Å². The monoisotopic (exact) mass is 383 g/mol. The van der Waals surface area contributed by atoms with Crippen LogP contribution in [0, 0.1) is 5.41 Å². The van der Waals surface area contributed by atoms with E-state index in [1.807, 2.05) is 6.92 Å². The Morgan fingerprint density at radius 1 is 1.27 bits per heavy atom. The summed E-state index contributed by atoms with van der Waals surface area (Å²) in [6, 6.07) is 2.78. The summed E-state index contributed by atoms with van der Waals surface area (Å²) in [6.45, 7) is 4.41. The van der Waals surface area contributed by atoms with Crippen LogP contribution >= 0.6 is 11.6 Å². The Morgan fingerprint density at radius 2 is 1.92 bits per heavy atom. The molecule has 0 aliphatic heterocycles. The summed E-state index contributed by atoms with van der Waals surface area (Å²) in [7, 11) is 1.42.